The average molecular weight is 370 g/mol. The molecule has 27 heavy (non-hydrogen) atoms. The Morgan fingerprint density at radius 1 is 1.22 bits per heavy atom. The lowest BCUT2D eigenvalue weighted by Gasteiger charge is -2.31. The largest absolute Gasteiger partial charge is 0.497 e. The van der Waals surface area contributed by atoms with E-state index >= 15 is 0 Å². The Morgan fingerprint density at radius 3 is 2.70 bits per heavy atom. The van der Waals surface area contributed by atoms with Gasteiger partial charge in [0.1, 0.15) is 17.4 Å². The van der Waals surface area contributed by atoms with Crippen molar-refractivity contribution in [3.63, 3.8) is 0 Å². The van der Waals surface area contributed by atoms with Gasteiger partial charge in [-0.3, -0.25) is 4.90 Å². The Bertz CT molecular complexity index is 750. The van der Waals surface area contributed by atoms with E-state index in [4.69, 9.17) is 4.74 Å². The molecule has 0 N–H and O–H groups in total. The van der Waals surface area contributed by atoms with Gasteiger partial charge in [0.25, 0.3) is 0 Å². The number of rotatable bonds is 7. The molecule has 6 heteroatoms. The summed E-state index contributed by atoms with van der Waals surface area (Å²) < 4.78 is 7.39. The summed E-state index contributed by atoms with van der Waals surface area (Å²) in [6.45, 7) is 3.97. The van der Waals surface area contributed by atoms with Gasteiger partial charge in [0.15, 0.2) is 0 Å². The molecule has 0 radical (unpaired) electrons. The van der Waals surface area contributed by atoms with Crippen LogP contribution in [0.25, 0.3) is 6.08 Å². The fraction of sp³-hybridized carbons (Fsp3) is 0.524. The maximum absolute atomic E-state index is 5.21. The number of methoxy groups -OCH3 is 1. The number of nitrogens with zero attached hydrogens (tertiary/aromatic N) is 5. The first-order valence-electron chi connectivity index (χ1n) is 9.62. The van der Waals surface area contributed by atoms with E-state index in [0.717, 1.165) is 43.6 Å². The zero-order valence-electron chi connectivity index (χ0n) is 16.9. The van der Waals surface area contributed by atoms with Crippen molar-refractivity contribution in [1.82, 2.24) is 24.6 Å². The molecule has 0 spiro atoms. The predicted molar refractivity (Wildman–Crippen MR) is 109 cm³/mol. The van der Waals surface area contributed by atoms with Gasteiger partial charge in [-0.25, -0.2) is 0 Å². The quantitative estimate of drug-likeness (QED) is 0.751. The van der Waals surface area contributed by atoms with Crippen molar-refractivity contribution < 1.29 is 4.74 Å². The van der Waals surface area contributed by atoms with E-state index in [1.165, 1.54) is 18.4 Å². The van der Waals surface area contributed by atoms with Crippen LogP contribution in [0, 0.1) is 0 Å². The highest BCUT2D eigenvalue weighted by Crippen LogP contribution is 2.26. The zero-order valence-corrected chi connectivity index (χ0v) is 16.9. The predicted octanol–water partition coefficient (Wildman–Crippen LogP) is 2.78. The second-order valence-electron chi connectivity index (χ2n) is 7.55. The van der Waals surface area contributed by atoms with Gasteiger partial charge in [0.05, 0.1) is 13.7 Å². The number of benzene rings is 1. The molecule has 0 amide bonds. The van der Waals surface area contributed by atoms with Crippen LogP contribution in [-0.4, -0.2) is 65.4 Å². The smallest absolute Gasteiger partial charge is 0.146 e. The van der Waals surface area contributed by atoms with E-state index in [-0.39, 0.29) is 0 Å². The molecule has 1 fully saturated rings. The van der Waals surface area contributed by atoms with Gasteiger partial charge in [0, 0.05) is 26.1 Å². The standard InChI is InChI=1S/C21H31N5O/c1-24(2)16-20-22-23-21(25(20)3)18-8-6-14-26(15-18)13-5-7-17-9-11-19(27-4)12-10-17/h5,7,9-12,18H,6,8,13-16H2,1-4H3/b7-5+/t18-/m1/s1. The molecule has 3 rings (SSSR count). The Hall–Kier alpha value is -2.18. The Kier molecular flexibility index (Phi) is 6.63. The van der Waals surface area contributed by atoms with Crippen molar-refractivity contribution in [2.75, 3.05) is 40.8 Å². The van der Waals surface area contributed by atoms with E-state index in [1.807, 2.05) is 12.1 Å². The fourth-order valence-corrected chi connectivity index (χ4v) is 3.64. The van der Waals surface area contributed by atoms with Crippen LogP contribution in [0.15, 0.2) is 30.3 Å². The van der Waals surface area contributed by atoms with Crippen LogP contribution >= 0.6 is 0 Å². The SMILES string of the molecule is COc1ccc(/C=C/CN2CCC[C@@H](c3nnc(CN(C)C)n3C)C2)cc1. The van der Waals surface area contributed by atoms with Crippen LogP contribution in [0.3, 0.4) is 0 Å². The van der Waals surface area contributed by atoms with E-state index in [2.05, 4.69) is 70.0 Å². The number of hydrogen-bond acceptors (Lipinski definition) is 5. The summed E-state index contributed by atoms with van der Waals surface area (Å²) in [5.74, 6) is 3.51. The second kappa shape index (κ2) is 9.15. The average Bonchev–Trinajstić information content (AvgIpc) is 3.02. The highest BCUT2D eigenvalue weighted by atomic mass is 16.5. The first-order chi connectivity index (χ1) is 13.1. The Balaban J connectivity index is 1.57. The van der Waals surface area contributed by atoms with Gasteiger partial charge in [0.2, 0.25) is 0 Å². The Labute approximate surface area is 162 Å². The number of aromatic nitrogens is 3. The second-order valence-corrected chi connectivity index (χ2v) is 7.55. The van der Waals surface area contributed by atoms with Gasteiger partial charge >= 0.3 is 0 Å². The topological polar surface area (TPSA) is 46.4 Å². The number of hydrogen-bond donors (Lipinski definition) is 0. The molecule has 6 nitrogen and oxygen atoms in total. The molecule has 2 heterocycles. The summed E-state index contributed by atoms with van der Waals surface area (Å²) in [6, 6.07) is 8.16. The molecule has 0 aliphatic carbocycles. The molecule has 0 unspecified atom stereocenters. The third kappa shape index (κ3) is 5.17. The van der Waals surface area contributed by atoms with Crippen molar-refractivity contribution in [1.29, 1.82) is 0 Å². The molecular formula is C21H31N5O. The van der Waals surface area contributed by atoms with E-state index in [0.29, 0.717) is 5.92 Å². The summed E-state index contributed by atoms with van der Waals surface area (Å²) in [5, 5.41) is 8.90. The van der Waals surface area contributed by atoms with Crippen molar-refractivity contribution >= 4 is 6.08 Å². The van der Waals surface area contributed by atoms with E-state index in [1.54, 1.807) is 7.11 Å². The summed E-state index contributed by atoms with van der Waals surface area (Å²) in [5.41, 5.74) is 1.20. The Morgan fingerprint density at radius 2 is 2.00 bits per heavy atom. The van der Waals surface area contributed by atoms with Crippen LogP contribution in [0.1, 0.15) is 36.0 Å². The molecule has 1 aliphatic heterocycles. The van der Waals surface area contributed by atoms with Gasteiger partial charge in [-0.05, 0) is 51.2 Å². The molecule has 1 atom stereocenters. The summed E-state index contributed by atoms with van der Waals surface area (Å²) in [7, 11) is 7.91. The monoisotopic (exact) mass is 369 g/mol. The summed E-state index contributed by atoms with van der Waals surface area (Å²) in [6.07, 6.45) is 6.82. The summed E-state index contributed by atoms with van der Waals surface area (Å²) >= 11 is 0. The molecule has 0 bridgehead atoms. The minimum Gasteiger partial charge on any atom is -0.497 e. The maximum Gasteiger partial charge on any atom is 0.146 e. The highest BCUT2D eigenvalue weighted by molar-refractivity contribution is 5.50. The minimum atomic E-state index is 0.460. The summed E-state index contributed by atoms with van der Waals surface area (Å²) in [4.78, 5) is 4.64. The van der Waals surface area contributed by atoms with Crippen molar-refractivity contribution in [3.05, 3.63) is 47.6 Å². The molecule has 2 aromatic rings. The lowest BCUT2D eigenvalue weighted by Crippen LogP contribution is -2.35. The lowest BCUT2D eigenvalue weighted by molar-refractivity contribution is 0.222. The van der Waals surface area contributed by atoms with Crippen LogP contribution < -0.4 is 4.74 Å². The van der Waals surface area contributed by atoms with Crippen LogP contribution in [0.5, 0.6) is 5.75 Å². The van der Waals surface area contributed by atoms with Gasteiger partial charge in [-0.2, -0.15) is 0 Å². The van der Waals surface area contributed by atoms with Crippen molar-refractivity contribution in [2.24, 2.45) is 7.05 Å². The zero-order chi connectivity index (χ0) is 19.2. The highest BCUT2D eigenvalue weighted by Gasteiger charge is 2.25. The number of likely N-dealkylation sites (tertiary alicyclic amines) is 1. The van der Waals surface area contributed by atoms with Gasteiger partial charge in [-0.1, -0.05) is 24.3 Å². The molecule has 0 saturated carbocycles. The first kappa shape index (κ1) is 19.6. The maximum atomic E-state index is 5.21. The van der Waals surface area contributed by atoms with E-state index in [9.17, 15) is 0 Å². The first-order valence-corrected chi connectivity index (χ1v) is 9.62. The van der Waals surface area contributed by atoms with Crippen LogP contribution in [0.4, 0.5) is 0 Å². The molecule has 1 aromatic carbocycles. The molecule has 1 saturated heterocycles. The molecule has 146 valence electrons. The van der Waals surface area contributed by atoms with Crippen molar-refractivity contribution in [3.8, 4) is 5.75 Å². The molecular weight excluding hydrogens is 338 g/mol. The van der Waals surface area contributed by atoms with Crippen molar-refractivity contribution in [2.45, 2.75) is 25.3 Å². The van der Waals surface area contributed by atoms with Gasteiger partial charge in [-0.15, -0.1) is 10.2 Å². The molecule has 1 aromatic heterocycles. The third-order valence-electron chi connectivity index (χ3n) is 5.12. The van der Waals surface area contributed by atoms with Gasteiger partial charge < -0.3 is 14.2 Å². The lowest BCUT2D eigenvalue weighted by atomic mass is 9.97. The fourth-order valence-electron chi connectivity index (χ4n) is 3.64. The minimum absolute atomic E-state index is 0.460. The molecule has 1 aliphatic rings. The number of piperidine rings is 1. The number of ether oxygens (including phenoxy) is 1. The van der Waals surface area contributed by atoms with E-state index < -0.39 is 0 Å². The third-order valence-corrected chi connectivity index (χ3v) is 5.12. The normalized spacial score (nSPS) is 18.5. The van der Waals surface area contributed by atoms with Crippen LogP contribution in [0.2, 0.25) is 0 Å². The van der Waals surface area contributed by atoms with Crippen LogP contribution in [-0.2, 0) is 13.6 Å².